The molecule has 0 amide bonds. The van der Waals surface area contributed by atoms with Gasteiger partial charge in [0.2, 0.25) is 0 Å². The number of nitrogens with zero attached hydrogens (tertiary/aromatic N) is 1. The van der Waals surface area contributed by atoms with Crippen molar-refractivity contribution in [3.8, 4) is 0 Å². The van der Waals surface area contributed by atoms with Crippen LogP contribution in [0.2, 0.25) is 0 Å². The smallest absolute Gasteiger partial charge is 0.140 e. The third-order valence-electron chi connectivity index (χ3n) is 2.62. The molecule has 0 aromatic heterocycles. The van der Waals surface area contributed by atoms with Gasteiger partial charge in [0.1, 0.15) is 5.84 Å². The minimum absolute atomic E-state index is 0.176. The van der Waals surface area contributed by atoms with Gasteiger partial charge in [0.25, 0.3) is 0 Å². The normalized spacial score (nSPS) is 13.3. The number of nitrogens with two attached hydrogens (primary N) is 1. The molecule has 0 aromatic carbocycles. The maximum absolute atomic E-state index is 8.31. The van der Waals surface area contributed by atoms with Crippen molar-refractivity contribution in [3.05, 3.63) is 0 Å². The molecule has 0 heterocycles. The topological polar surface area (TPSA) is 70.6 Å². The average molecular weight is 187 g/mol. The van der Waals surface area contributed by atoms with Gasteiger partial charge < -0.3 is 16.3 Å². The van der Waals surface area contributed by atoms with Gasteiger partial charge in [-0.05, 0) is 19.8 Å². The Bertz CT molecular complexity index is 164. The Labute approximate surface area is 80.2 Å². The molecule has 13 heavy (non-hydrogen) atoms. The lowest BCUT2D eigenvalue weighted by molar-refractivity contribution is 0.313. The van der Waals surface area contributed by atoms with Crippen LogP contribution in [0.3, 0.4) is 0 Å². The lowest BCUT2D eigenvalue weighted by Gasteiger charge is -2.28. The predicted molar refractivity (Wildman–Crippen MR) is 55.0 cm³/mol. The van der Waals surface area contributed by atoms with Crippen LogP contribution in [0.4, 0.5) is 0 Å². The highest BCUT2D eigenvalue weighted by molar-refractivity contribution is 5.79. The number of hydrogen-bond donors (Lipinski definition) is 3. The van der Waals surface area contributed by atoms with Gasteiger partial charge in [-0.25, -0.2) is 0 Å². The van der Waals surface area contributed by atoms with Crippen LogP contribution in [0.25, 0.3) is 0 Å². The molecular weight excluding hydrogens is 166 g/mol. The van der Waals surface area contributed by atoms with Crippen molar-refractivity contribution in [2.45, 2.75) is 45.6 Å². The summed E-state index contributed by atoms with van der Waals surface area (Å²) in [5.74, 6) is 0.280. The fourth-order valence-electron chi connectivity index (χ4n) is 1.04. The van der Waals surface area contributed by atoms with Crippen LogP contribution in [0.5, 0.6) is 0 Å². The van der Waals surface area contributed by atoms with E-state index in [1.54, 1.807) is 0 Å². The Kier molecular flexibility index (Phi) is 5.46. The first kappa shape index (κ1) is 12.2. The van der Waals surface area contributed by atoms with Crippen LogP contribution in [-0.4, -0.2) is 23.1 Å². The first-order valence-corrected chi connectivity index (χ1v) is 4.79. The Balaban J connectivity index is 3.74. The van der Waals surface area contributed by atoms with Gasteiger partial charge in [0.05, 0.1) is 0 Å². The molecule has 0 aliphatic rings. The molecule has 4 N–H and O–H groups in total. The van der Waals surface area contributed by atoms with Gasteiger partial charge in [-0.3, -0.25) is 0 Å². The minimum atomic E-state index is 0.176. The molecular formula is C9H21N3O. The first-order chi connectivity index (χ1) is 6.08. The molecule has 0 saturated carbocycles. The maximum atomic E-state index is 8.31. The predicted octanol–water partition coefficient (Wildman–Crippen LogP) is 1.29. The van der Waals surface area contributed by atoms with E-state index in [-0.39, 0.29) is 11.4 Å². The summed E-state index contributed by atoms with van der Waals surface area (Å²) in [6, 6.07) is 0. The monoisotopic (exact) mass is 187 g/mol. The molecule has 0 aliphatic heterocycles. The van der Waals surface area contributed by atoms with Crippen LogP contribution >= 0.6 is 0 Å². The number of hydrogen-bond acceptors (Lipinski definition) is 3. The standard InChI is InChI=1S/C9H21N3O/c1-4-9(3,5-2)11-7-6-8(10)12-13/h11,13H,4-7H2,1-3H3,(H2,10,12). The molecule has 0 fully saturated rings. The van der Waals surface area contributed by atoms with E-state index >= 15 is 0 Å². The van der Waals surface area contributed by atoms with Crippen molar-refractivity contribution in [2.75, 3.05) is 6.54 Å². The van der Waals surface area contributed by atoms with Crippen molar-refractivity contribution in [1.29, 1.82) is 0 Å². The zero-order chi connectivity index (χ0) is 10.3. The largest absolute Gasteiger partial charge is 0.409 e. The molecule has 0 spiro atoms. The van der Waals surface area contributed by atoms with E-state index in [1.807, 2.05) is 0 Å². The van der Waals surface area contributed by atoms with E-state index in [1.165, 1.54) is 0 Å². The minimum Gasteiger partial charge on any atom is -0.409 e. The Morgan fingerprint density at radius 3 is 2.38 bits per heavy atom. The maximum Gasteiger partial charge on any atom is 0.140 e. The zero-order valence-electron chi connectivity index (χ0n) is 8.80. The van der Waals surface area contributed by atoms with Gasteiger partial charge in [-0.2, -0.15) is 0 Å². The average Bonchev–Trinajstić information content (AvgIpc) is 2.17. The second kappa shape index (κ2) is 5.80. The van der Waals surface area contributed by atoms with Crippen molar-refractivity contribution in [2.24, 2.45) is 10.9 Å². The van der Waals surface area contributed by atoms with Crippen LogP contribution in [0.1, 0.15) is 40.0 Å². The second-order valence-electron chi connectivity index (χ2n) is 3.54. The van der Waals surface area contributed by atoms with E-state index < -0.39 is 0 Å². The van der Waals surface area contributed by atoms with Gasteiger partial charge in [-0.15, -0.1) is 0 Å². The molecule has 0 saturated heterocycles. The fraction of sp³-hybridized carbons (Fsp3) is 0.889. The van der Waals surface area contributed by atoms with E-state index in [2.05, 4.69) is 31.2 Å². The zero-order valence-corrected chi connectivity index (χ0v) is 8.80. The van der Waals surface area contributed by atoms with Crippen LogP contribution in [0, 0.1) is 0 Å². The fourth-order valence-corrected chi connectivity index (χ4v) is 1.04. The molecule has 0 radical (unpaired) electrons. The van der Waals surface area contributed by atoms with Gasteiger partial charge in [-0.1, -0.05) is 19.0 Å². The highest BCUT2D eigenvalue weighted by atomic mass is 16.4. The molecule has 0 bridgehead atoms. The van der Waals surface area contributed by atoms with Crippen molar-refractivity contribution >= 4 is 5.84 Å². The number of rotatable bonds is 6. The second-order valence-corrected chi connectivity index (χ2v) is 3.54. The molecule has 4 heteroatoms. The van der Waals surface area contributed by atoms with Crippen LogP contribution in [0.15, 0.2) is 5.16 Å². The van der Waals surface area contributed by atoms with Crippen molar-refractivity contribution in [1.82, 2.24) is 5.32 Å². The third kappa shape index (κ3) is 4.72. The highest BCUT2D eigenvalue weighted by Gasteiger charge is 2.17. The summed E-state index contributed by atoms with van der Waals surface area (Å²) in [7, 11) is 0. The molecule has 0 unspecified atom stereocenters. The Morgan fingerprint density at radius 1 is 1.46 bits per heavy atom. The summed E-state index contributed by atoms with van der Waals surface area (Å²) in [6.45, 7) is 7.24. The Morgan fingerprint density at radius 2 is 2.00 bits per heavy atom. The summed E-state index contributed by atoms with van der Waals surface area (Å²) in [5.41, 5.74) is 5.52. The van der Waals surface area contributed by atoms with Crippen molar-refractivity contribution in [3.63, 3.8) is 0 Å². The third-order valence-corrected chi connectivity index (χ3v) is 2.62. The summed E-state index contributed by atoms with van der Waals surface area (Å²) >= 11 is 0. The summed E-state index contributed by atoms with van der Waals surface area (Å²) < 4.78 is 0. The number of nitrogens with one attached hydrogen (secondary N) is 1. The van der Waals surface area contributed by atoms with Gasteiger partial charge >= 0.3 is 0 Å². The van der Waals surface area contributed by atoms with Crippen molar-refractivity contribution < 1.29 is 5.21 Å². The van der Waals surface area contributed by atoms with Gasteiger partial charge in [0, 0.05) is 18.5 Å². The van der Waals surface area contributed by atoms with E-state index in [9.17, 15) is 0 Å². The number of amidine groups is 1. The number of oxime groups is 1. The van der Waals surface area contributed by atoms with E-state index in [4.69, 9.17) is 10.9 Å². The quantitative estimate of drug-likeness (QED) is 0.254. The summed E-state index contributed by atoms with van der Waals surface area (Å²) in [4.78, 5) is 0. The molecule has 4 nitrogen and oxygen atoms in total. The SMILES string of the molecule is CCC(C)(CC)NCCC(N)=NO. The Hall–Kier alpha value is -0.770. The summed E-state index contributed by atoms with van der Waals surface area (Å²) in [5, 5.41) is 14.6. The lowest BCUT2D eigenvalue weighted by atomic mass is 9.95. The van der Waals surface area contributed by atoms with E-state index in [0.29, 0.717) is 6.42 Å². The van der Waals surface area contributed by atoms with Crippen LogP contribution in [-0.2, 0) is 0 Å². The summed E-state index contributed by atoms with van der Waals surface area (Å²) in [6.07, 6.45) is 2.76. The van der Waals surface area contributed by atoms with Crippen LogP contribution < -0.4 is 11.1 Å². The molecule has 0 atom stereocenters. The highest BCUT2D eigenvalue weighted by Crippen LogP contribution is 2.12. The molecule has 78 valence electrons. The molecule has 0 rings (SSSR count). The van der Waals surface area contributed by atoms with Gasteiger partial charge in [0.15, 0.2) is 0 Å². The first-order valence-electron chi connectivity index (χ1n) is 4.79. The lowest BCUT2D eigenvalue weighted by Crippen LogP contribution is -2.42. The van der Waals surface area contributed by atoms with E-state index in [0.717, 1.165) is 19.4 Å². The molecule has 0 aromatic rings. The molecule has 0 aliphatic carbocycles.